The minimum atomic E-state index is -1.16. The highest BCUT2D eigenvalue weighted by atomic mass is 19.1. The Balaban J connectivity index is 1.81. The Morgan fingerprint density at radius 3 is 2.44 bits per heavy atom. The first-order valence-electron chi connectivity index (χ1n) is 11.0. The summed E-state index contributed by atoms with van der Waals surface area (Å²) in [5, 5.41) is 5.78. The molecule has 7 heteroatoms. The largest absolute Gasteiger partial charge is 0.467 e. The molecule has 1 heterocycles. The molecule has 0 unspecified atom stereocenters. The number of benzene rings is 2. The van der Waals surface area contributed by atoms with E-state index in [-0.39, 0.29) is 11.7 Å². The van der Waals surface area contributed by atoms with E-state index in [2.05, 4.69) is 10.6 Å². The lowest BCUT2D eigenvalue weighted by Gasteiger charge is -2.22. The van der Waals surface area contributed by atoms with Crippen LogP contribution in [0, 0.1) is 19.7 Å². The van der Waals surface area contributed by atoms with Crippen LogP contribution in [-0.4, -0.2) is 17.4 Å². The summed E-state index contributed by atoms with van der Waals surface area (Å²) in [5.74, 6) is -0.566. The van der Waals surface area contributed by atoms with Crippen LogP contribution in [0.4, 0.5) is 10.1 Å². The van der Waals surface area contributed by atoms with Gasteiger partial charge in [0, 0.05) is 16.8 Å². The van der Waals surface area contributed by atoms with Gasteiger partial charge < -0.3 is 20.8 Å². The van der Waals surface area contributed by atoms with Crippen molar-refractivity contribution in [3.63, 3.8) is 0 Å². The van der Waals surface area contributed by atoms with Gasteiger partial charge in [0.15, 0.2) is 0 Å². The molecule has 0 saturated carbocycles. The van der Waals surface area contributed by atoms with Gasteiger partial charge in [-0.1, -0.05) is 12.1 Å². The molecule has 4 N–H and O–H groups in total. The van der Waals surface area contributed by atoms with Crippen LogP contribution in [0.3, 0.4) is 0 Å². The zero-order chi connectivity index (χ0) is 25.0. The second-order valence-electron chi connectivity index (χ2n) is 8.92. The number of amides is 2. The second kappa shape index (κ2) is 9.95. The van der Waals surface area contributed by atoms with Crippen molar-refractivity contribution < 1.29 is 18.4 Å². The Labute approximate surface area is 199 Å². The second-order valence-corrected chi connectivity index (χ2v) is 8.92. The molecule has 0 aliphatic heterocycles. The summed E-state index contributed by atoms with van der Waals surface area (Å²) in [4.78, 5) is 24.0. The van der Waals surface area contributed by atoms with Crippen LogP contribution in [0.15, 0.2) is 58.7 Å². The molecule has 0 radical (unpaired) electrons. The average molecular weight is 464 g/mol. The van der Waals surface area contributed by atoms with E-state index in [1.807, 2.05) is 38.1 Å². The topological polar surface area (TPSA) is 97.4 Å². The molecule has 6 nitrogen and oxygen atoms in total. The zero-order valence-corrected chi connectivity index (χ0v) is 20.1. The number of hydrogen-bond acceptors (Lipinski definition) is 4. The smallest absolute Gasteiger partial charge is 0.247 e. The van der Waals surface area contributed by atoms with Gasteiger partial charge in [-0.15, -0.1) is 0 Å². The summed E-state index contributed by atoms with van der Waals surface area (Å²) in [6.07, 6.45) is 3.34. The molecular formula is C27H30FN3O3. The molecule has 0 aliphatic rings. The molecule has 2 amide bonds. The molecule has 3 rings (SSSR count). The van der Waals surface area contributed by atoms with Gasteiger partial charge in [-0.3, -0.25) is 9.59 Å². The van der Waals surface area contributed by atoms with Crippen LogP contribution >= 0.6 is 0 Å². The van der Waals surface area contributed by atoms with Crippen molar-refractivity contribution in [3.8, 4) is 11.1 Å². The van der Waals surface area contributed by atoms with Gasteiger partial charge in [0.1, 0.15) is 17.1 Å². The van der Waals surface area contributed by atoms with Gasteiger partial charge in [0.05, 0.1) is 12.8 Å². The molecule has 0 atom stereocenters. The number of furan rings is 1. The molecule has 2 aromatic carbocycles. The van der Waals surface area contributed by atoms with E-state index < -0.39 is 11.4 Å². The van der Waals surface area contributed by atoms with E-state index in [9.17, 15) is 14.0 Å². The van der Waals surface area contributed by atoms with E-state index in [4.69, 9.17) is 10.2 Å². The number of anilines is 1. The highest BCUT2D eigenvalue weighted by molar-refractivity contribution is 6.00. The fraction of sp³-hybridized carbons (Fsp3) is 0.259. The van der Waals surface area contributed by atoms with E-state index in [1.54, 1.807) is 45.2 Å². The summed E-state index contributed by atoms with van der Waals surface area (Å²) in [5.41, 5.74) is 9.15. The number of rotatable bonds is 8. The maximum atomic E-state index is 15.0. The predicted molar refractivity (Wildman–Crippen MR) is 132 cm³/mol. The van der Waals surface area contributed by atoms with Crippen molar-refractivity contribution in [1.82, 2.24) is 5.32 Å². The third kappa shape index (κ3) is 5.73. The van der Waals surface area contributed by atoms with Crippen LogP contribution < -0.4 is 16.4 Å². The molecule has 3 aromatic rings. The first kappa shape index (κ1) is 24.8. The fourth-order valence-electron chi connectivity index (χ4n) is 3.47. The van der Waals surface area contributed by atoms with E-state index in [0.717, 1.165) is 28.0 Å². The van der Waals surface area contributed by atoms with Gasteiger partial charge in [0.25, 0.3) is 0 Å². The lowest BCUT2D eigenvalue weighted by molar-refractivity contribution is -0.128. The summed E-state index contributed by atoms with van der Waals surface area (Å²) in [7, 11) is 0. The fourth-order valence-corrected chi connectivity index (χ4v) is 3.47. The highest BCUT2D eigenvalue weighted by Crippen LogP contribution is 2.31. The molecule has 0 fully saturated rings. The molecule has 1 aromatic heterocycles. The van der Waals surface area contributed by atoms with Crippen molar-refractivity contribution in [3.05, 3.63) is 82.6 Å². The van der Waals surface area contributed by atoms with E-state index >= 15 is 0 Å². The summed E-state index contributed by atoms with van der Waals surface area (Å²) in [6.45, 7) is 9.05. The summed E-state index contributed by atoms with van der Waals surface area (Å²) in [6, 6.07) is 12.5. The Morgan fingerprint density at radius 2 is 1.82 bits per heavy atom. The highest BCUT2D eigenvalue weighted by Gasteiger charge is 2.27. The molecule has 0 aliphatic carbocycles. The Kier molecular flexibility index (Phi) is 7.25. The minimum Gasteiger partial charge on any atom is -0.467 e. The van der Waals surface area contributed by atoms with Crippen LogP contribution in [0.25, 0.3) is 17.2 Å². The van der Waals surface area contributed by atoms with Crippen molar-refractivity contribution >= 4 is 23.6 Å². The van der Waals surface area contributed by atoms with Crippen LogP contribution in [0.5, 0.6) is 0 Å². The Morgan fingerprint density at radius 1 is 1.09 bits per heavy atom. The number of nitrogens with two attached hydrogens (primary N) is 1. The number of halogens is 1. The van der Waals surface area contributed by atoms with Gasteiger partial charge >= 0.3 is 0 Å². The van der Waals surface area contributed by atoms with Crippen molar-refractivity contribution in [2.45, 2.75) is 46.7 Å². The Hall–Kier alpha value is -3.87. The quantitative estimate of drug-likeness (QED) is 0.405. The van der Waals surface area contributed by atoms with Crippen molar-refractivity contribution in [2.24, 2.45) is 5.73 Å². The van der Waals surface area contributed by atoms with Crippen LogP contribution in [-0.2, 0) is 16.1 Å². The standard InChI is InChI=1S/C27H30FN3O3/c1-16-13-23(22-9-8-20(14-24(22)28)30-15-21-7-6-10-34-21)17(2)11-19(16)12-18(3)25(32)31-27(4,5)26(29)33/h6-14,30H,15H2,1-5H3,(H2,29,33)(H,31,32). The van der Waals surface area contributed by atoms with E-state index in [0.29, 0.717) is 23.4 Å². The molecular weight excluding hydrogens is 433 g/mol. The molecule has 0 bridgehead atoms. The maximum absolute atomic E-state index is 15.0. The first-order valence-corrected chi connectivity index (χ1v) is 11.0. The maximum Gasteiger partial charge on any atom is 0.247 e. The molecule has 0 saturated heterocycles. The first-order chi connectivity index (χ1) is 16.0. The molecule has 0 spiro atoms. The Bertz CT molecular complexity index is 1240. The van der Waals surface area contributed by atoms with Gasteiger partial charge in [-0.2, -0.15) is 0 Å². The van der Waals surface area contributed by atoms with Gasteiger partial charge in [0.2, 0.25) is 11.8 Å². The van der Waals surface area contributed by atoms with Crippen molar-refractivity contribution in [1.29, 1.82) is 0 Å². The summed E-state index contributed by atoms with van der Waals surface area (Å²) >= 11 is 0. The lowest BCUT2D eigenvalue weighted by atomic mass is 9.93. The molecule has 178 valence electrons. The minimum absolute atomic E-state index is 0.334. The monoisotopic (exact) mass is 463 g/mol. The summed E-state index contributed by atoms with van der Waals surface area (Å²) < 4.78 is 20.3. The number of carbonyl (C=O) groups excluding carboxylic acids is 2. The van der Waals surface area contributed by atoms with Crippen LogP contribution in [0.2, 0.25) is 0 Å². The van der Waals surface area contributed by atoms with E-state index in [1.165, 1.54) is 6.07 Å². The van der Waals surface area contributed by atoms with Crippen LogP contribution in [0.1, 0.15) is 43.2 Å². The molecule has 34 heavy (non-hydrogen) atoms. The third-order valence-corrected chi connectivity index (χ3v) is 5.69. The number of hydrogen-bond donors (Lipinski definition) is 3. The average Bonchev–Trinajstić information content (AvgIpc) is 3.28. The number of nitrogens with one attached hydrogen (secondary N) is 2. The number of carbonyl (C=O) groups is 2. The SMILES string of the molecule is CC(=Cc1cc(C)c(-c2ccc(NCc3ccco3)cc2F)cc1C)C(=O)NC(C)(C)C(N)=O. The third-order valence-electron chi connectivity index (χ3n) is 5.69. The normalized spacial score (nSPS) is 11.9. The van der Waals surface area contributed by atoms with Crippen molar-refractivity contribution in [2.75, 3.05) is 5.32 Å². The predicted octanol–water partition coefficient (Wildman–Crippen LogP) is 5.10. The number of primary amides is 1. The zero-order valence-electron chi connectivity index (χ0n) is 20.1. The number of aryl methyl sites for hydroxylation is 2. The van der Waals surface area contributed by atoms with Gasteiger partial charge in [-0.05, 0) is 93.3 Å². The van der Waals surface area contributed by atoms with Gasteiger partial charge in [-0.25, -0.2) is 4.39 Å². The lowest BCUT2D eigenvalue weighted by Crippen LogP contribution is -2.53.